The van der Waals surface area contributed by atoms with E-state index >= 15 is 0 Å². The van der Waals surface area contributed by atoms with Crippen molar-refractivity contribution in [2.75, 3.05) is 45.9 Å². The van der Waals surface area contributed by atoms with Gasteiger partial charge in [-0.1, -0.05) is 29.8 Å². The second-order valence-corrected chi connectivity index (χ2v) is 7.45. The first-order valence-corrected chi connectivity index (χ1v) is 10.3. The Morgan fingerprint density at radius 3 is 2.62 bits per heavy atom. The highest BCUT2D eigenvalue weighted by molar-refractivity contribution is 14.0. The van der Waals surface area contributed by atoms with Crippen molar-refractivity contribution in [1.82, 2.24) is 15.1 Å². The molecule has 2 atom stereocenters. The molecule has 3 rings (SSSR count). The number of hydrogen-bond acceptors (Lipinski definition) is 4. The van der Waals surface area contributed by atoms with Crippen LogP contribution in [-0.2, 0) is 9.53 Å². The van der Waals surface area contributed by atoms with Crippen LogP contribution in [0.4, 0.5) is 0 Å². The van der Waals surface area contributed by atoms with Crippen molar-refractivity contribution in [3.05, 3.63) is 34.9 Å². The molecule has 2 N–H and O–H groups in total. The van der Waals surface area contributed by atoms with Crippen molar-refractivity contribution in [3.63, 3.8) is 0 Å². The lowest BCUT2D eigenvalue weighted by atomic mass is 10.1. The van der Waals surface area contributed by atoms with Crippen LogP contribution >= 0.6 is 35.6 Å². The fourth-order valence-electron chi connectivity index (χ4n) is 3.56. The number of amides is 1. The summed E-state index contributed by atoms with van der Waals surface area (Å²) in [4.78, 5) is 21.1. The van der Waals surface area contributed by atoms with Gasteiger partial charge in [-0.3, -0.25) is 9.79 Å². The molecule has 29 heavy (non-hydrogen) atoms. The van der Waals surface area contributed by atoms with Crippen molar-refractivity contribution in [3.8, 4) is 0 Å². The van der Waals surface area contributed by atoms with Gasteiger partial charge in [0.05, 0.1) is 6.54 Å². The average molecular weight is 537 g/mol. The van der Waals surface area contributed by atoms with Crippen molar-refractivity contribution >= 4 is 47.4 Å². The number of ether oxygens (including phenoxy) is 1. The molecule has 0 aromatic heterocycles. The molecule has 1 aromatic carbocycles. The molecule has 0 spiro atoms. The summed E-state index contributed by atoms with van der Waals surface area (Å²) < 4.78 is 5.52. The minimum Gasteiger partial charge on any atom is -0.386 e. The van der Waals surface area contributed by atoms with Gasteiger partial charge >= 0.3 is 0 Å². The van der Waals surface area contributed by atoms with E-state index in [1.165, 1.54) is 0 Å². The minimum atomic E-state index is -0.760. The van der Waals surface area contributed by atoms with Crippen molar-refractivity contribution in [1.29, 1.82) is 0 Å². The number of benzene rings is 1. The maximum Gasteiger partial charge on any atom is 0.251 e. The number of carbonyl (C=O) groups excluding carboxylic acids is 1. The van der Waals surface area contributed by atoms with Gasteiger partial charge in [-0.05, 0) is 25.8 Å². The van der Waals surface area contributed by atoms with E-state index in [0.29, 0.717) is 43.4 Å². The van der Waals surface area contributed by atoms with Gasteiger partial charge in [0.1, 0.15) is 12.2 Å². The Hall–Kier alpha value is -1.10. The van der Waals surface area contributed by atoms with Crippen LogP contribution in [0.15, 0.2) is 29.3 Å². The van der Waals surface area contributed by atoms with Gasteiger partial charge < -0.3 is 25.0 Å². The van der Waals surface area contributed by atoms with Crippen molar-refractivity contribution < 1.29 is 14.6 Å². The van der Waals surface area contributed by atoms with E-state index in [0.717, 1.165) is 25.3 Å². The first kappa shape index (κ1) is 24.2. The van der Waals surface area contributed by atoms with Gasteiger partial charge in [0.15, 0.2) is 5.96 Å². The smallest absolute Gasteiger partial charge is 0.251 e. The van der Waals surface area contributed by atoms with Crippen LogP contribution in [0.3, 0.4) is 0 Å². The van der Waals surface area contributed by atoms with Gasteiger partial charge in [-0.2, -0.15) is 0 Å². The van der Waals surface area contributed by atoms with Crippen LogP contribution in [0.2, 0.25) is 5.02 Å². The Morgan fingerprint density at radius 2 is 2.00 bits per heavy atom. The Balaban J connectivity index is 0.00000300. The third-order valence-electron chi connectivity index (χ3n) is 5.11. The normalized spacial score (nSPS) is 20.9. The molecule has 9 heteroatoms. The number of nitrogens with one attached hydrogen (secondary N) is 1. The first-order valence-electron chi connectivity index (χ1n) is 9.96. The van der Waals surface area contributed by atoms with Crippen LogP contribution in [0.5, 0.6) is 0 Å². The number of aliphatic hydroxyl groups is 1. The van der Waals surface area contributed by atoms with Crippen molar-refractivity contribution in [2.24, 2.45) is 4.99 Å². The van der Waals surface area contributed by atoms with Gasteiger partial charge in [0.25, 0.3) is 5.91 Å². The van der Waals surface area contributed by atoms with Gasteiger partial charge in [0, 0.05) is 49.9 Å². The Kier molecular flexibility index (Phi) is 9.94. The topological polar surface area (TPSA) is 77.4 Å². The standard InChI is InChI=1S/C20H29ClN4O3.HI/c1-2-22-20(23-14-17(26)15-6-3-4-7-16(15)21)25-11-9-24(10-12-25)19(27)18-8-5-13-28-18;/h3-4,6-7,17-18,26H,2,5,8-14H2,1H3,(H,22,23);1H. The number of nitrogens with zero attached hydrogens (tertiary/aromatic N) is 3. The molecule has 0 radical (unpaired) electrons. The summed E-state index contributed by atoms with van der Waals surface area (Å²) in [5.41, 5.74) is 0.677. The predicted molar refractivity (Wildman–Crippen MR) is 125 cm³/mol. The fraction of sp³-hybridized carbons (Fsp3) is 0.600. The zero-order valence-corrected chi connectivity index (χ0v) is 19.8. The fourth-order valence-corrected chi connectivity index (χ4v) is 3.82. The largest absolute Gasteiger partial charge is 0.386 e. The number of carbonyl (C=O) groups is 1. The van der Waals surface area contributed by atoms with Gasteiger partial charge in [-0.25, -0.2) is 0 Å². The molecule has 2 aliphatic heterocycles. The van der Waals surface area contributed by atoms with Crippen LogP contribution in [0.1, 0.15) is 31.4 Å². The van der Waals surface area contributed by atoms with E-state index in [1.54, 1.807) is 6.07 Å². The number of piperazine rings is 1. The molecule has 2 fully saturated rings. The highest BCUT2D eigenvalue weighted by Gasteiger charge is 2.31. The summed E-state index contributed by atoms with van der Waals surface area (Å²) in [5, 5.41) is 14.3. The molecular formula is C20H30ClIN4O3. The minimum absolute atomic E-state index is 0. The van der Waals surface area contributed by atoms with Crippen LogP contribution in [-0.4, -0.2) is 78.8 Å². The van der Waals surface area contributed by atoms with Crippen molar-refractivity contribution in [2.45, 2.75) is 32.0 Å². The Labute approximate surface area is 194 Å². The van der Waals surface area contributed by atoms with Gasteiger partial charge in [-0.15, -0.1) is 24.0 Å². The Bertz CT molecular complexity index is 692. The van der Waals surface area contributed by atoms with Crippen LogP contribution in [0.25, 0.3) is 0 Å². The number of halogens is 2. The van der Waals surface area contributed by atoms with Crippen LogP contribution in [0, 0.1) is 0 Å². The summed E-state index contributed by atoms with van der Waals surface area (Å²) in [7, 11) is 0. The Morgan fingerprint density at radius 1 is 1.31 bits per heavy atom. The molecule has 2 heterocycles. The first-order chi connectivity index (χ1) is 13.6. The van der Waals surface area contributed by atoms with E-state index < -0.39 is 6.10 Å². The predicted octanol–water partition coefficient (Wildman–Crippen LogP) is 2.28. The van der Waals surface area contributed by atoms with E-state index in [2.05, 4.69) is 15.2 Å². The SMILES string of the molecule is CCNC(=NCC(O)c1ccccc1Cl)N1CCN(C(=O)C2CCCO2)CC1.I. The second-order valence-electron chi connectivity index (χ2n) is 7.05. The number of guanidine groups is 1. The van der Waals surface area contributed by atoms with Crippen LogP contribution < -0.4 is 5.32 Å². The zero-order valence-electron chi connectivity index (χ0n) is 16.7. The molecular weight excluding hydrogens is 507 g/mol. The quantitative estimate of drug-likeness (QED) is 0.343. The molecule has 2 unspecified atom stereocenters. The summed E-state index contributed by atoms with van der Waals surface area (Å²) in [5.74, 6) is 0.853. The average Bonchev–Trinajstić information content (AvgIpc) is 3.26. The summed E-state index contributed by atoms with van der Waals surface area (Å²) in [6.07, 6.45) is 0.758. The van der Waals surface area contributed by atoms with E-state index in [9.17, 15) is 9.90 Å². The van der Waals surface area contributed by atoms with E-state index in [1.807, 2.05) is 30.0 Å². The van der Waals surface area contributed by atoms with Gasteiger partial charge in [0.2, 0.25) is 0 Å². The maximum atomic E-state index is 12.5. The lowest BCUT2D eigenvalue weighted by Gasteiger charge is -2.37. The molecule has 2 saturated heterocycles. The number of rotatable bonds is 5. The highest BCUT2D eigenvalue weighted by atomic mass is 127. The molecule has 0 bridgehead atoms. The zero-order chi connectivity index (χ0) is 19.9. The molecule has 1 amide bonds. The maximum absolute atomic E-state index is 12.5. The second kappa shape index (κ2) is 11.9. The summed E-state index contributed by atoms with van der Waals surface area (Å²) >= 11 is 6.16. The highest BCUT2D eigenvalue weighted by Crippen LogP contribution is 2.22. The lowest BCUT2D eigenvalue weighted by molar-refractivity contribution is -0.142. The molecule has 1 aromatic rings. The van der Waals surface area contributed by atoms with E-state index in [4.69, 9.17) is 16.3 Å². The monoisotopic (exact) mass is 536 g/mol. The third kappa shape index (κ3) is 6.44. The molecule has 2 aliphatic rings. The lowest BCUT2D eigenvalue weighted by Crippen LogP contribution is -2.55. The molecule has 0 saturated carbocycles. The third-order valence-corrected chi connectivity index (χ3v) is 5.45. The number of aliphatic imine (C=N–C) groups is 1. The molecule has 0 aliphatic carbocycles. The molecule has 162 valence electrons. The summed E-state index contributed by atoms with van der Waals surface area (Å²) in [6.45, 7) is 6.35. The van der Waals surface area contributed by atoms with E-state index in [-0.39, 0.29) is 42.5 Å². The summed E-state index contributed by atoms with van der Waals surface area (Å²) in [6, 6.07) is 7.26. The number of aliphatic hydroxyl groups excluding tert-OH is 1. The molecule has 7 nitrogen and oxygen atoms in total. The number of hydrogen-bond donors (Lipinski definition) is 2.